The zero-order chi connectivity index (χ0) is 15.4. The Bertz CT molecular complexity index is 620. The van der Waals surface area contributed by atoms with Crippen LogP contribution >= 0.6 is 11.6 Å². The molecule has 3 rings (SSSR count). The van der Waals surface area contributed by atoms with Crippen molar-refractivity contribution in [2.75, 3.05) is 31.1 Å². The molecule has 22 heavy (non-hydrogen) atoms. The van der Waals surface area contributed by atoms with E-state index in [4.69, 9.17) is 16.3 Å². The van der Waals surface area contributed by atoms with Gasteiger partial charge in [0, 0.05) is 36.4 Å². The fourth-order valence-electron chi connectivity index (χ4n) is 2.63. The van der Waals surface area contributed by atoms with Crippen molar-refractivity contribution >= 4 is 17.3 Å². The molecule has 1 heterocycles. The highest BCUT2D eigenvalue weighted by molar-refractivity contribution is 6.30. The van der Waals surface area contributed by atoms with Gasteiger partial charge in [0.1, 0.15) is 18.2 Å². The van der Waals surface area contributed by atoms with Gasteiger partial charge in [0.25, 0.3) is 0 Å². The van der Waals surface area contributed by atoms with E-state index in [2.05, 4.69) is 10.2 Å². The van der Waals surface area contributed by atoms with Gasteiger partial charge in [0.2, 0.25) is 0 Å². The Morgan fingerprint density at radius 2 is 2.05 bits per heavy atom. The number of halogens is 2. The van der Waals surface area contributed by atoms with Crippen LogP contribution < -0.4 is 15.0 Å². The van der Waals surface area contributed by atoms with E-state index in [1.807, 2.05) is 24.3 Å². The van der Waals surface area contributed by atoms with Gasteiger partial charge in [0.05, 0.1) is 6.04 Å². The Balaban J connectivity index is 1.68. The number of hydrogen-bond acceptors (Lipinski definition) is 3. The Hall–Kier alpha value is -1.78. The average Bonchev–Trinajstić information content (AvgIpc) is 2.54. The molecule has 2 aromatic carbocycles. The summed E-state index contributed by atoms with van der Waals surface area (Å²) in [6.07, 6.45) is 0. The zero-order valence-corrected chi connectivity index (χ0v) is 12.9. The molecule has 1 aliphatic heterocycles. The number of ether oxygens (including phenoxy) is 1. The van der Waals surface area contributed by atoms with Crippen LogP contribution in [0.5, 0.6) is 5.75 Å². The Labute approximate surface area is 134 Å². The smallest absolute Gasteiger partial charge is 0.126 e. The fraction of sp³-hybridized carbons (Fsp3) is 0.294. The van der Waals surface area contributed by atoms with E-state index >= 15 is 0 Å². The molecule has 0 bridgehead atoms. The van der Waals surface area contributed by atoms with Crippen molar-refractivity contribution < 1.29 is 9.13 Å². The summed E-state index contributed by atoms with van der Waals surface area (Å²) in [4.78, 5) is 2.30. The first-order valence-corrected chi connectivity index (χ1v) is 7.71. The van der Waals surface area contributed by atoms with E-state index in [0.717, 1.165) is 30.3 Å². The van der Waals surface area contributed by atoms with Crippen LogP contribution in [0.1, 0.15) is 0 Å². The summed E-state index contributed by atoms with van der Waals surface area (Å²) in [6, 6.07) is 14.3. The summed E-state index contributed by atoms with van der Waals surface area (Å²) in [5, 5.41) is 4.10. The molecule has 5 heteroatoms. The molecule has 0 amide bonds. The van der Waals surface area contributed by atoms with Gasteiger partial charge in [0.15, 0.2) is 0 Å². The zero-order valence-electron chi connectivity index (χ0n) is 12.1. The van der Waals surface area contributed by atoms with Crippen molar-refractivity contribution in [3.05, 3.63) is 59.4 Å². The highest BCUT2D eigenvalue weighted by atomic mass is 35.5. The van der Waals surface area contributed by atoms with E-state index in [9.17, 15) is 4.39 Å². The van der Waals surface area contributed by atoms with Crippen LogP contribution in [-0.4, -0.2) is 32.3 Å². The number of nitrogens with zero attached hydrogens (tertiary/aromatic N) is 1. The number of nitrogens with one attached hydrogen (secondary N) is 1. The Kier molecular flexibility index (Phi) is 4.80. The topological polar surface area (TPSA) is 24.5 Å². The molecular weight excluding hydrogens is 303 g/mol. The largest absolute Gasteiger partial charge is 0.491 e. The molecule has 0 aromatic heterocycles. The van der Waals surface area contributed by atoms with Crippen molar-refractivity contribution in [1.82, 2.24) is 5.32 Å². The molecule has 1 saturated heterocycles. The molecule has 0 spiro atoms. The second-order valence-corrected chi connectivity index (χ2v) is 5.73. The second-order valence-electron chi connectivity index (χ2n) is 5.30. The first-order valence-electron chi connectivity index (χ1n) is 7.34. The molecule has 1 atom stereocenters. The highest BCUT2D eigenvalue weighted by Crippen LogP contribution is 2.22. The summed E-state index contributed by atoms with van der Waals surface area (Å²) < 4.78 is 19.0. The van der Waals surface area contributed by atoms with Gasteiger partial charge in [-0.05, 0) is 36.4 Å². The molecule has 0 saturated carbocycles. The van der Waals surface area contributed by atoms with Crippen molar-refractivity contribution in [2.45, 2.75) is 6.04 Å². The second kappa shape index (κ2) is 6.99. The molecular formula is C17H18ClFN2O. The highest BCUT2D eigenvalue weighted by Gasteiger charge is 2.23. The van der Waals surface area contributed by atoms with Crippen LogP contribution in [0, 0.1) is 5.82 Å². The first kappa shape index (κ1) is 15.1. The molecule has 3 nitrogen and oxygen atoms in total. The van der Waals surface area contributed by atoms with Crippen molar-refractivity contribution in [3.63, 3.8) is 0 Å². The molecule has 116 valence electrons. The van der Waals surface area contributed by atoms with Gasteiger partial charge in [-0.25, -0.2) is 4.39 Å². The third-order valence-corrected chi connectivity index (χ3v) is 4.00. The third-order valence-electron chi connectivity index (χ3n) is 3.75. The van der Waals surface area contributed by atoms with Crippen molar-refractivity contribution in [2.24, 2.45) is 0 Å². The number of rotatable bonds is 4. The van der Waals surface area contributed by atoms with E-state index in [1.54, 1.807) is 12.1 Å². The lowest BCUT2D eigenvalue weighted by atomic mass is 10.1. The van der Waals surface area contributed by atoms with Crippen molar-refractivity contribution in [3.8, 4) is 5.75 Å². The predicted octanol–water partition coefficient (Wildman–Crippen LogP) is 3.34. The van der Waals surface area contributed by atoms with E-state index in [-0.39, 0.29) is 11.9 Å². The average molecular weight is 321 g/mol. The lowest BCUT2D eigenvalue weighted by Gasteiger charge is -2.37. The van der Waals surface area contributed by atoms with E-state index in [1.165, 1.54) is 12.1 Å². The number of anilines is 1. The summed E-state index contributed by atoms with van der Waals surface area (Å²) in [6.45, 7) is 3.16. The van der Waals surface area contributed by atoms with Gasteiger partial charge >= 0.3 is 0 Å². The van der Waals surface area contributed by atoms with Crippen LogP contribution in [-0.2, 0) is 0 Å². The molecule has 1 N–H and O–H groups in total. The maximum atomic E-state index is 13.2. The third kappa shape index (κ3) is 3.70. The first-order chi connectivity index (χ1) is 10.7. The van der Waals surface area contributed by atoms with Crippen LogP contribution in [0.15, 0.2) is 48.5 Å². The summed E-state index contributed by atoms with van der Waals surface area (Å²) in [7, 11) is 0. The predicted molar refractivity (Wildman–Crippen MR) is 87.4 cm³/mol. The quantitative estimate of drug-likeness (QED) is 0.935. The maximum Gasteiger partial charge on any atom is 0.126 e. The molecule has 0 radical (unpaired) electrons. The minimum absolute atomic E-state index is 0.193. The Morgan fingerprint density at radius 1 is 1.23 bits per heavy atom. The molecule has 1 unspecified atom stereocenters. The van der Waals surface area contributed by atoms with Gasteiger partial charge < -0.3 is 15.0 Å². The monoisotopic (exact) mass is 320 g/mol. The van der Waals surface area contributed by atoms with E-state index < -0.39 is 0 Å². The van der Waals surface area contributed by atoms with Crippen LogP contribution in [0.4, 0.5) is 10.1 Å². The standard InChI is InChI=1S/C17H18ClFN2O/c18-13-4-6-15(7-5-13)21-9-8-20-11-16(21)12-22-17-3-1-2-14(19)10-17/h1-7,10,16,20H,8-9,11-12H2. The van der Waals surface area contributed by atoms with Gasteiger partial charge in [-0.3, -0.25) is 0 Å². The summed E-state index contributed by atoms with van der Waals surface area (Å²) >= 11 is 5.95. The van der Waals surface area contributed by atoms with Gasteiger partial charge in [-0.1, -0.05) is 17.7 Å². The maximum absolute atomic E-state index is 13.2. The Morgan fingerprint density at radius 3 is 2.82 bits per heavy atom. The molecule has 0 aliphatic carbocycles. The lowest BCUT2D eigenvalue weighted by molar-refractivity contribution is 0.266. The van der Waals surface area contributed by atoms with E-state index in [0.29, 0.717) is 12.4 Å². The molecule has 1 fully saturated rings. The van der Waals surface area contributed by atoms with Crippen LogP contribution in [0.2, 0.25) is 5.02 Å². The number of benzene rings is 2. The SMILES string of the molecule is Fc1cccc(OCC2CNCCN2c2ccc(Cl)cc2)c1. The normalized spacial score (nSPS) is 18.3. The van der Waals surface area contributed by atoms with Crippen LogP contribution in [0.25, 0.3) is 0 Å². The van der Waals surface area contributed by atoms with Crippen molar-refractivity contribution in [1.29, 1.82) is 0 Å². The van der Waals surface area contributed by atoms with Crippen LogP contribution in [0.3, 0.4) is 0 Å². The molecule has 1 aliphatic rings. The molecule has 2 aromatic rings. The van der Waals surface area contributed by atoms with Gasteiger partial charge in [-0.15, -0.1) is 0 Å². The summed E-state index contributed by atoms with van der Waals surface area (Å²) in [5.41, 5.74) is 1.12. The van der Waals surface area contributed by atoms with Gasteiger partial charge in [-0.2, -0.15) is 0 Å². The minimum atomic E-state index is -0.283. The number of hydrogen-bond donors (Lipinski definition) is 1. The minimum Gasteiger partial charge on any atom is -0.491 e. The summed E-state index contributed by atoms with van der Waals surface area (Å²) in [5.74, 6) is 0.274. The fourth-order valence-corrected chi connectivity index (χ4v) is 2.76. The number of piperazine rings is 1. The lowest BCUT2D eigenvalue weighted by Crippen LogP contribution is -2.54.